The summed E-state index contributed by atoms with van der Waals surface area (Å²) >= 11 is 0. The van der Waals surface area contributed by atoms with Crippen LogP contribution in [0.15, 0.2) is 48.7 Å². The molecule has 0 radical (unpaired) electrons. The molecule has 26 heavy (non-hydrogen) atoms. The van der Waals surface area contributed by atoms with Crippen molar-refractivity contribution in [3.63, 3.8) is 0 Å². The Hall–Kier alpha value is -2.60. The molecule has 1 aliphatic heterocycles. The van der Waals surface area contributed by atoms with Crippen LogP contribution >= 0.6 is 0 Å². The van der Waals surface area contributed by atoms with Crippen LogP contribution in [0.4, 0.5) is 0 Å². The van der Waals surface area contributed by atoms with Gasteiger partial charge in [0.05, 0.1) is 18.6 Å². The van der Waals surface area contributed by atoms with Crippen molar-refractivity contribution in [2.24, 2.45) is 12.8 Å². The van der Waals surface area contributed by atoms with E-state index in [-0.39, 0.29) is 17.9 Å². The summed E-state index contributed by atoms with van der Waals surface area (Å²) < 4.78 is 2.01. The van der Waals surface area contributed by atoms with Crippen LogP contribution in [0.3, 0.4) is 0 Å². The zero-order valence-corrected chi connectivity index (χ0v) is 15.3. The third-order valence-corrected chi connectivity index (χ3v) is 5.16. The van der Waals surface area contributed by atoms with Gasteiger partial charge in [-0.25, -0.2) is 0 Å². The van der Waals surface area contributed by atoms with Gasteiger partial charge in [0.15, 0.2) is 0 Å². The molecule has 2 aromatic rings. The normalized spacial score (nSPS) is 20.2. The lowest BCUT2D eigenvalue weighted by atomic mass is 10.1. The van der Waals surface area contributed by atoms with E-state index in [2.05, 4.69) is 0 Å². The molecule has 2 heterocycles. The largest absolute Gasteiger partial charge is 0.368 e. The van der Waals surface area contributed by atoms with Crippen LogP contribution in [-0.2, 0) is 29.7 Å². The van der Waals surface area contributed by atoms with Crippen LogP contribution in [-0.4, -0.2) is 45.3 Å². The molecule has 2 atom stereocenters. The van der Waals surface area contributed by atoms with E-state index >= 15 is 0 Å². The summed E-state index contributed by atoms with van der Waals surface area (Å²) in [6.45, 7) is 1.09. The van der Waals surface area contributed by atoms with Crippen molar-refractivity contribution in [3.05, 3.63) is 59.9 Å². The van der Waals surface area contributed by atoms with E-state index in [0.29, 0.717) is 25.9 Å². The van der Waals surface area contributed by atoms with Gasteiger partial charge in [-0.2, -0.15) is 0 Å². The fourth-order valence-corrected chi connectivity index (χ4v) is 3.69. The summed E-state index contributed by atoms with van der Waals surface area (Å²) in [7, 11) is 3.78. The lowest BCUT2D eigenvalue weighted by Gasteiger charge is -2.30. The van der Waals surface area contributed by atoms with Gasteiger partial charge in [-0.3, -0.25) is 14.5 Å². The zero-order valence-electron chi connectivity index (χ0n) is 15.3. The highest BCUT2D eigenvalue weighted by atomic mass is 16.2. The van der Waals surface area contributed by atoms with Gasteiger partial charge in [0.25, 0.3) is 0 Å². The van der Waals surface area contributed by atoms with Crippen molar-refractivity contribution in [1.82, 2.24) is 14.4 Å². The molecule has 1 aromatic carbocycles. The van der Waals surface area contributed by atoms with E-state index in [4.69, 9.17) is 5.73 Å². The summed E-state index contributed by atoms with van der Waals surface area (Å²) in [5, 5.41) is 0. The van der Waals surface area contributed by atoms with Crippen molar-refractivity contribution in [2.45, 2.75) is 38.0 Å². The van der Waals surface area contributed by atoms with Crippen LogP contribution in [0, 0.1) is 0 Å². The van der Waals surface area contributed by atoms with Gasteiger partial charge in [-0.15, -0.1) is 0 Å². The van der Waals surface area contributed by atoms with Crippen molar-refractivity contribution in [3.8, 4) is 0 Å². The fraction of sp³-hybridized carbons (Fsp3) is 0.400. The Bertz CT molecular complexity index is 771. The number of carbonyl (C=O) groups is 2. The van der Waals surface area contributed by atoms with Crippen LogP contribution in [0.2, 0.25) is 0 Å². The molecule has 138 valence electrons. The first-order chi connectivity index (χ1) is 12.5. The lowest BCUT2D eigenvalue weighted by molar-refractivity contribution is -0.136. The van der Waals surface area contributed by atoms with Gasteiger partial charge in [0.2, 0.25) is 11.8 Å². The average molecular weight is 354 g/mol. The Balaban J connectivity index is 1.76. The molecule has 3 rings (SSSR count). The van der Waals surface area contributed by atoms with E-state index < -0.39 is 6.04 Å². The molecule has 0 spiro atoms. The number of hydrogen-bond acceptors (Lipinski definition) is 3. The number of primary amides is 1. The van der Waals surface area contributed by atoms with Crippen molar-refractivity contribution in [2.75, 3.05) is 7.05 Å². The van der Waals surface area contributed by atoms with Gasteiger partial charge in [-0.1, -0.05) is 30.3 Å². The highest BCUT2D eigenvalue weighted by Gasteiger charge is 2.41. The van der Waals surface area contributed by atoms with E-state index in [0.717, 1.165) is 11.3 Å². The second-order valence-electron chi connectivity index (χ2n) is 6.97. The Labute approximate surface area is 154 Å². The summed E-state index contributed by atoms with van der Waals surface area (Å²) in [5.74, 6) is -0.327. The number of aryl methyl sites for hydroxylation is 1. The van der Waals surface area contributed by atoms with Crippen LogP contribution in [0.5, 0.6) is 0 Å². The van der Waals surface area contributed by atoms with Gasteiger partial charge in [0, 0.05) is 32.5 Å². The van der Waals surface area contributed by atoms with E-state index in [1.165, 1.54) is 0 Å². The molecular formula is C20H26N4O2. The molecule has 2 N–H and O–H groups in total. The van der Waals surface area contributed by atoms with Gasteiger partial charge in [-0.05, 0) is 30.5 Å². The Kier molecular flexibility index (Phi) is 5.42. The number of rotatable bonds is 6. The summed E-state index contributed by atoms with van der Waals surface area (Å²) in [4.78, 5) is 28.7. The number of benzene rings is 1. The molecule has 0 saturated carbocycles. The Morgan fingerprint density at radius 1 is 1.12 bits per heavy atom. The topological polar surface area (TPSA) is 71.6 Å². The van der Waals surface area contributed by atoms with Crippen molar-refractivity contribution in [1.29, 1.82) is 0 Å². The van der Waals surface area contributed by atoms with E-state index in [9.17, 15) is 9.59 Å². The summed E-state index contributed by atoms with van der Waals surface area (Å²) in [5.41, 5.74) is 7.74. The van der Waals surface area contributed by atoms with Gasteiger partial charge in [0.1, 0.15) is 0 Å². The number of aromatic nitrogens is 1. The number of nitrogens with zero attached hydrogens (tertiary/aromatic N) is 3. The van der Waals surface area contributed by atoms with Crippen LogP contribution < -0.4 is 5.73 Å². The minimum atomic E-state index is -0.396. The predicted octanol–water partition coefficient (Wildman–Crippen LogP) is 1.50. The number of carbonyl (C=O) groups excluding carboxylic acids is 2. The summed E-state index contributed by atoms with van der Waals surface area (Å²) in [6.07, 6.45) is 3.24. The molecule has 6 nitrogen and oxygen atoms in total. The first kappa shape index (κ1) is 18.2. The average Bonchev–Trinajstić information content (AvgIpc) is 3.22. The van der Waals surface area contributed by atoms with Gasteiger partial charge < -0.3 is 15.2 Å². The second-order valence-corrected chi connectivity index (χ2v) is 6.97. The first-order valence-corrected chi connectivity index (χ1v) is 8.91. The fourth-order valence-electron chi connectivity index (χ4n) is 3.69. The zero-order chi connectivity index (χ0) is 18.7. The molecule has 0 bridgehead atoms. The molecule has 2 amide bonds. The lowest BCUT2D eigenvalue weighted by Crippen LogP contribution is -2.49. The van der Waals surface area contributed by atoms with Gasteiger partial charge >= 0.3 is 0 Å². The standard InChI is InChI=1S/C20H26N4O2/c1-22-12-6-9-16(22)14-23(2)20(26)18-11-10-17(19(21)25)24(18)13-15-7-4-3-5-8-15/h3-9,12,17-18H,10-11,13-14H2,1-2H3,(H2,21,25)/t17-,18+/m0/s1. The molecule has 1 aliphatic rings. The third-order valence-electron chi connectivity index (χ3n) is 5.16. The maximum atomic E-state index is 13.1. The number of hydrogen-bond donors (Lipinski definition) is 1. The first-order valence-electron chi connectivity index (χ1n) is 8.91. The number of likely N-dealkylation sites (tertiary alicyclic amines) is 1. The van der Waals surface area contributed by atoms with Crippen LogP contribution in [0.1, 0.15) is 24.1 Å². The molecule has 6 heteroatoms. The Morgan fingerprint density at radius 2 is 1.81 bits per heavy atom. The highest BCUT2D eigenvalue weighted by molar-refractivity contribution is 5.86. The van der Waals surface area contributed by atoms with Crippen molar-refractivity contribution < 1.29 is 9.59 Å². The SMILES string of the molecule is CN(Cc1cccn1C)C(=O)[C@H]1CC[C@@H](C(N)=O)N1Cc1ccccc1. The minimum Gasteiger partial charge on any atom is -0.368 e. The molecule has 1 aromatic heterocycles. The highest BCUT2D eigenvalue weighted by Crippen LogP contribution is 2.28. The van der Waals surface area contributed by atoms with Crippen LogP contribution in [0.25, 0.3) is 0 Å². The number of amides is 2. The molecule has 1 fully saturated rings. The third kappa shape index (κ3) is 3.80. The second kappa shape index (κ2) is 7.74. The Morgan fingerprint density at radius 3 is 2.42 bits per heavy atom. The minimum absolute atomic E-state index is 0.0332. The maximum Gasteiger partial charge on any atom is 0.240 e. The van der Waals surface area contributed by atoms with Crippen molar-refractivity contribution >= 4 is 11.8 Å². The molecular weight excluding hydrogens is 328 g/mol. The maximum absolute atomic E-state index is 13.1. The van der Waals surface area contributed by atoms with E-state index in [1.807, 2.05) is 72.2 Å². The number of nitrogens with two attached hydrogens (primary N) is 1. The summed E-state index contributed by atoms with van der Waals surface area (Å²) in [6, 6.07) is 13.1. The molecule has 1 saturated heterocycles. The molecule has 0 unspecified atom stereocenters. The predicted molar refractivity (Wildman–Crippen MR) is 99.9 cm³/mol. The smallest absolute Gasteiger partial charge is 0.240 e. The number of likely N-dealkylation sites (N-methyl/N-ethyl adjacent to an activating group) is 1. The quantitative estimate of drug-likeness (QED) is 0.855. The monoisotopic (exact) mass is 354 g/mol. The molecule has 0 aliphatic carbocycles. The van der Waals surface area contributed by atoms with E-state index in [1.54, 1.807) is 4.90 Å².